The number of halogens is 2. The molecule has 3 aromatic rings. The van der Waals surface area contributed by atoms with Gasteiger partial charge in [0.05, 0.1) is 10.7 Å². The van der Waals surface area contributed by atoms with E-state index >= 15 is 0 Å². The van der Waals surface area contributed by atoms with Crippen LogP contribution < -0.4 is 10.0 Å². The zero-order valence-corrected chi connectivity index (χ0v) is 25.5. The van der Waals surface area contributed by atoms with Crippen LogP contribution in [0.25, 0.3) is 12.2 Å². The van der Waals surface area contributed by atoms with E-state index in [0.29, 0.717) is 17.1 Å². The molecule has 0 unspecified atom stereocenters. The molecule has 0 atom stereocenters. The van der Waals surface area contributed by atoms with Crippen LogP contribution in [0.5, 0.6) is 0 Å². The summed E-state index contributed by atoms with van der Waals surface area (Å²) >= 11 is 5.99. The molecule has 1 amide bonds. The molecule has 0 spiro atoms. The molecule has 1 aliphatic rings. The second kappa shape index (κ2) is 13.1. The molecule has 0 saturated heterocycles. The van der Waals surface area contributed by atoms with E-state index in [0.717, 1.165) is 25.7 Å². The number of benzene rings is 2. The van der Waals surface area contributed by atoms with Crippen LogP contribution in [0.15, 0.2) is 59.8 Å². The molecule has 0 bridgehead atoms. The van der Waals surface area contributed by atoms with Crippen LogP contribution in [0.3, 0.4) is 0 Å². The lowest BCUT2D eigenvalue weighted by atomic mass is 9.90. The summed E-state index contributed by atoms with van der Waals surface area (Å²) in [4.78, 5) is 22.7. The van der Waals surface area contributed by atoms with E-state index in [1.807, 2.05) is 20.8 Å². The van der Waals surface area contributed by atoms with Crippen LogP contribution in [-0.4, -0.2) is 54.1 Å². The summed E-state index contributed by atoms with van der Waals surface area (Å²) in [6.45, 7) is 5.57. The molecule has 2 N–H and O–H groups in total. The van der Waals surface area contributed by atoms with Gasteiger partial charge in [0.1, 0.15) is 16.3 Å². The average molecular weight is 616 g/mol. The van der Waals surface area contributed by atoms with Gasteiger partial charge in [-0.3, -0.25) is 4.72 Å². The molecular formula is C30H35ClFN5O4S. The number of ether oxygens (including phenoxy) is 1. The van der Waals surface area contributed by atoms with Crippen molar-refractivity contribution in [2.24, 2.45) is 0 Å². The summed E-state index contributed by atoms with van der Waals surface area (Å²) in [6, 6.07) is 10.5. The molecule has 42 heavy (non-hydrogen) atoms. The van der Waals surface area contributed by atoms with Gasteiger partial charge in [0.2, 0.25) is 5.95 Å². The molecule has 1 saturated carbocycles. The first kappa shape index (κ1) is 31.2. The lowest BCUT2D eigenvalue weighted by Crippen LogP contribution is -2.43. The molecule has 1 heterocycles. The van der Waals surface area contributed by atoms with Crippen molar-refractivity contribution < 1.29 is 22.3 Å². The monoisotopic (exact) mass is 615 g/mol. The van der Waals surface area contributed by atoms with E-state index in [1.165, 1.54) is 30.3 Å². The van der Waals surface area contributed by atoms with Gasteiger partial charge in [0.15, 0.2) is 0 Å². The fourth-order valence-electron chi connectivity index (χ4n) is 4.54. The van der Waals surface area contributed by atoms with Crippen molar-refractivity contribution >= 4 is 51.5 Å². The number of hydrogen-bond donors (Lipinski definition) is 2. The predicted octanol–water partition coefficient (Wildman–Crippen LogP) is 6.83. The average Bonchev–Trinajstić information content (AvgIpc) is 2.93. The first-order valence-electron chi connectivity index (χ1n) is 13.6. The van der Waals surface area contributed by atoms with Crippen molar-refractivity contribution in [1.82, 2.24) is 14.9 Å². The normalized spacial score (nSPS) is 17.6. The zero-order chi connectivity index (χ0) is 30.5. The Balaban J connectivity index is 1.29. The first-order valence-corrected chi connectivity index (χ1v) is 15.5. The Morgan fingerprint density at radius 1 is 1.05 bits per heavy atom. The molecule has 1 aromatic heterocycles. The SMILES string of the molecule is CN(C(=O)OC(C)(C)C)[C@H]1CC[C@H](Nc2ncc(/C=C\c3ccc(NS(=O)(=O)c4ccccc4Cl)c(F)c3)cn2)CC1. The van der Waals surface area contributed by atoms with Crippen molar-refractivity contribution in [2.75, 3.05) is 17.1 Å². The summed E-state index contributed by atoms with van der Waals surface area (Å²) < 4.78 is 47.7. The molecule has 9 nitrogen and oxygen atoms in total. The molecule has 1 aliphatic carbocycles. The van der Waals surface area contributed by atoms with Crippen molar-refractivity contribution in [2.45, 2.75) is 69.0 Å². The van der Waals surface area contributed by atoms with Gasteiger partial charge in [0.25, 0.3) is 10.0 Å². The van der Waals surface area contributed by atoms with Gasteiger partial charge in [-0.25, -0.2) is 27.6 Å². The Hall–Kier alpha value is -3.70. The van der Waals surface area contributed by atoms with E-state index in [2.05, 4.69) is 20.0 Å². The van der Waals surface area contributed by atoms with E-state index in [4.69, 9.17) is 16.3 Å². The van der Waals surface area contributed by atoms with Crippen molar-refractivity contribution in [3.05, 3.63) is 76.8 Å². The third kappa shape index (κ3) is 8.42. The number of aromatic nitrogens is 2. The fraction of sp³-hybridized carbons (Fsp3) is 0.367. The van der Waals surface area contributed by atoms with Gasteiger partial charge in [-0.15, -0.1) is 0 Å². The number of rotatable bonds is 8. The minimum absolute atomic E-state index is 0.0453. The Bertz CT molecular complexity index is 1540. The number of hydrogen-bond acceptors (Lipinski definition) is 7. The number of nitrogens with zero attached hydrogens (tertiary/aromatic N) is 3. The number of amides is 1. The van der Waals surface area contributed by atoms with Crippen LogP contribution in [0, 0.1) is 5.82 Å². The maximum Gasteiger partial charge on any atom is 0.410 e. The quantitative estimate of drug-likeness (QED) is 0.285. The third-order valence-corrected chi connectivity index (χ3v) is 8.63. The number of carbonyl (C=O) groups excluding carboxylic acids is 1. The molecular weight excluding hydrogens is 581 g/mol. The highest BCUT2D eigenvalue weighted by atomic mass is 35.5. The van der Waals surface area contributed by atoms with Crippen LogP contribution in [-0.2, 0) is 14.8 Å². The predicted molar refractivity (Wildman–Crippen MR) is 163 cm³/mol. The van der Waals surface area contributed by atoms with Crippen LogP contribution in [0.2, 0.25) is 5.02 Å². The van der Waals surface area contributed by atoms with Crippen molar-refractivity contribution in [1.29, 1.82) is 0 Å². The number of anilines is 2. The van der Waals surface area contributed by atoms with Gasteiger partial charge in [-0.1, -0.05) is 42.0 Å². The molecule has 0 radical (unpaired) electrons. The summed E-state index contributed by atoms with van der Waals surface area (Å²) in [6.07, 6.45) is 9.90. The standard InChI is InChI=1S/C30H35ClFN5O4S/c1-30(2,3)41-29(38)37(4)23-14-12-22(13-15-23)35-28-33-18-21(19-34-28)10-9-20-11-16-26(25(32)17-20)36-42(39,40)27-8-6-5-7-24(27)31/h5-11,16-19,22-23,36H,12-15H2,1-4H3,(H,33,34,35)/b10-9-/t22-,23-. The zero-order valence-electron chi connectivity index (χ0n) is 24.0. The first-order chi connectivity index (χ1) is 19.8. The highest BCUT2D eigenvalue weighted by Crippen LogP contribution is 2.27. The van der Waals surface area contributed by atoms with Gasteiger partial charge < -0.3 is 15.0 Å². The van der Waals surface area contributed by atoms with E-state index in [-0.39, 0.29) is 33.8 Å². The molecule has 4 rings (SSSR count). The van der Waals surface area contributed by atoms with Gasteiger partial charge >= 0.3 is 6.09 Å². The van der Waals surface area contributed by atoms with E-state index in [9.17, 15) is 17.6 Å². The van der Waals surface area contributed by atoms with Gasteiger partial charge in [-0.05, 0) is 76.3 Å². The fourth-order valence-corrected chi connectivity index (χ4v) is 6.13. The Labute approximate surface area is 251 Å². The van der Waals surface area contributed by atoms with E-state index < -0.39 is 21.4 Å². The molecule has 12 heteroatoms. The Kier molecular flexibility index (Phi) is 9.73. The highest BCUT2D eigenvalue weighted by molar-refractivity contribution is 7.92. The Morgan fingerprint density at radius 3 is 2.31 bits per heavy atom. The second-order valence-corrected chi connectivity index (χ2v) is 13.2. The largest absolute Gasteiger partial charge is 0.444 e. The smallest absolute Gasteiger partial charge is 0.410 e. The summed E-state index contributed by atoms with van der Waals surface area (Å²) in [5.41, 5.74) is 0.539. The van der Waals surface area contributed by atoms with Crippen LogP contribution in [0.4, 0.5) is 20.8 Å². The molecule has 0 aliphatic heterocycles. The van der Waals surface area contributed by atoms with Gasteiger partial charge in [0, 0.05) is 37.1 Å². The summed E-state index contributed by atoms with van der Waals surface area (Å²) in [7, 11) is -2.26. The Morgan fingerprint density at radius 2 is 1.69 bits per heavy atom. The second-order valence-electron chi connectivity index (χ2n) is 11.2. The van der Waals surface area contributed by atoms with Crippen molar-refractivity contribution in [3.8, 4) is 0 Å². The minimum Gasteiger partial charge on any atom is -0.444 e. The number of nitrogens with one attached hydrogen (secondary N) is 2. The lowest BCUT2D eigenvalue weighted by molar-refractivity contribution is 0.0185. The topological polar surface area (TPSA) is 114 Å². The highest BCUT2D eigenvalue weighted by Gasteiger charge is 2.29. The van der Waals surface area contributed by atoms with Crippen LogP contribution >= 0.6 is 11.6 Å². The molecule has 224 valence electrons. The van der Waals surface area contributed by atoms with E-state index in [1.54, 1.807) is 48.6 Å². The van der Waals surface area contributed by atoms with Crippen LogP contribution in [0.1, 0.15) is 57.6 Å². The number of carbonyl (C=O) groups is 1. The van der Waals surface area contributed by atoms with Gasteiger partial charge in [-0.2, -0.15) is 0 Å². The third-order valence-electron chi connectivity index (χ3n) is 6.76. The molecule has 1 fully saturated rings. The van der Waals surface area contributed by atoms with Crippen molar-refractivity contribution in [3.63, 3.8) is 0 Å². The summed E-state index contributed by atoms with van der Waals surface area (Å²) in [5, 5.41) is 3.41. The summed E-state index contributed by atoms with van der Waals surface area (Å²) in [5.74, 6) is -0.215. The minimum atomic E-state index is -4.05. The maximum atomic E-state index is 14.7. The lowest BCUT2D eigenvalue weighted by Gasteiger charge is -2.35. The molecule has 2 aromatic carbocycles. The number of sulfonamides is 1. The maximum absolute atomic E-state index is 14.7.